The van der Waals surface area contributed by atoms with Crippen molar-refractivity contribution in [3.63, 3.8) is 0 Å². The number of hydrogen-bond donors (Lipinski definition) is 3. The van der Waals surface area contributed by atoms with Gasteiger partial charge in [0.2, 0.25) is 5.82 Å². The standard InChI is InChI=1S/C20H19N7O.C11H14N4.C9H7N3O2.CH4/c28-20(18-22-14-27(24-18)16-5-2-1-3-6-16)23-15-8-11-26(13-15)19-17-7-4-10-25(17)12-9-21-19;12-9-3-6-15(8-9)11-10-2-1-5-14(10)7-4-13-11;13-9(14)8-10-6-12(11-8)7-4-2-1-3-5-7;/h1-7,9-10,12,14-15H,8,11,13H2,(H,23,28);1-2,4-5,7,9H,3,6,8,12H2;1-6H,(H,13,14);1H4/t15-;9-;;/m00../s1. The molecule has 2 aliphatic heterocycles. The molecule has 0 aliphatic carbocycles. The number of rotatable bonds is 7. The number of amides is 1. The number of aromatic carboxylic acids is 1. The molecular formula is C41H44N14O3. The van der Waals surface area contributed by atoms with E-state index in [2.05, 4.69) is 55.7 Å². The van der Waals surface area contributed by atoms with Gasteiger partial charge < -0.3 is 34.8 Å². The number of carbonyl (C=O) groups excluding carboxylic acids is 1. The van der Waals surface area contributed by atoms with Crippen molar-refractivity contribution in [2.75, 3.05) is 36.0 Å². The van der Waals surface area contributed by atoms with Crippen LogP contribution >= 0.6 is 0 Å². The molecule has 0 radical (unpaired) electrons. The summed E-state index contributed by atoms with van der Waals surface area (Å²) >= 11 is 0. The third-order valence-electron chi connectivity index (χ3n) is 9.63. The summed E-state index contributed by atoms with van der Waals surface area (Å²) in [6, 6.07) is 27.3. The van der Waals surface area contributed by atoms with Crippen molar-refractivity contribution in [1.29, 1.82) is 0 Å². The van der Waals surface area contributed by atoms with Gasteiger partial charge in [-0.05, 0) is 61.4 Å². The molecule has 8 aromatic rings. The van der Waals surface area contributed by atoms with Crippen molar-refractivity contribution in [2.24, 2.45) is 5.73 Å². The number of nitrogens with one attached hydrogen (secondary N) is 1. The third-order valence-corrected chi connectivity index (χ3v) is 9.63. The van der Waals surface area contributed by atoms with E-state index in [-0.39, 0.29) is 31.0 Å². The summed E-state index contributed by atoms with van der Waals surface area (Å²) in [7, 11) is 0. The van der Waals surface area contributed by atoms with Gasteiger partial charge in [-0.3, -0.25) is 4.79 Å². The molecule has 4 N–H and O–H groups in total. The van der Waals surface area contributed by atoms with Crippen LogP contribution in [0.5, 0.6) is 0 Å². The first-order valence-corrected chi connectivity index (χ1v) is 18.5. The zero-order valence-corrected chi connectivity index (χ0v) is 30.8. The summed E-state index contributed by atoms with van der Waals surface area (Å²) in [6.45, 7) is 3.48. The van der Waals surface area contributed by atoms with Crippen LogP contribution < -0.4 is 20.9 Å². The lowest BCUT2D eigenvalue weighted by molar-refractivity contribution is 0.0683. The number of para-hydroxylation sites is 2. The third kappa shape index (κ3) is 8.69. The molecule has 6 aromatic heterocycles. The van der Waals surface area contributed by atoms with Gasteiger partial charge in [0.05, 0.1) is 22.4 Å². The van der Waals surface area contributed by atoms with Crippen molar-refractivity contribution in [3.05, 3.63) is 146 Å². The fourth-order valence-electron chi connectivity index (χ4n) is 6.84. The summed E-state index contributed by atoms with van der Waals surface area (Å²) in [6.07, 6.45) is 16.4. The minimum Gasteiger partial charge on any atom is -0.475 e. The molecule has 2 aromatic carbocycles. The summed E-state index contributed by atoms with van der Waals surface area (Å²) in [5.74, 6) is 0.587. The smallest absolute Gasteiger partial charge is 0.375 e. The molecule has 0 saturated carbocycles. The van der Waals surface area contributed by atoms with Gasteiger partial charge in [-0.15, -0.1) is 10.2 Å². The molecule has 58 heavy (non-hydrogen) atoms. The summed E-state index contributed by atoms with van der Waals surface area (Å²) in [5, 5.41) is 19.7. The van der Waals surface area contributed by atoms with Crippen LogP contribution in [0.25, 0.3) is 22.4 Å². The molecule has 17 nitrogen and oxygen atoms in total. The minimum atomic E-state index is -1.13. The Hall–Kier alpha value is -7.40. The number of hydrogen-bond acceptors (Lipinski definition) is 11. The fraction of sp³-hybridized carbons (Fsp3) is 0.220. The van der Waals surface area contributed by atoms with Crippen molar-refractivity contribution < 1.29 is 14.7 Å². The van der Waals surface area contributed by atoms with Crippen LogP contribution in [0.1, 0.15) is 41.5 Å². The quantitative estimate of drug-likeness (QED) is 0.207. The highest BCUT2D eigenvalue weighted by Crippen LogP contribution is 2.24. The summed E-state index contributed by atoms with van der Waals surface area (Å²) < 4.78 is 7.16. The average molecular weight is 781 g/mol. The maximum Gasteiger partial charge on any atom is 0.375 e. The molecule has 2 fully saturated rings. The van der Waals surface area contributed by atoms with Crippen molar-refractivity contribution in [1.82, 2.24) is 53.6 Å². The number of fused-ring (bicyclic) bond motifs is 2. The Balaban J connectivity index is 0.000000144. The first-order valence-electron chi connectivity index (χ1n) is 18.5. The Kier molecular flexibility index (Phi) is 11.8. The number of carboxylic acid groups (broad SMARTS) is 1. The normalized spacial score (nSPS) is 15.9. The second-order valence-electron chi connectivity index (χ2n) is 13.5. The van der Waals surface area contributed by atoms with Gasteiger partial charge in [-0.25, -0.2) is 34.1 Å². The highest BCUT2D eigenvalue weighted by atomic mass is 16.4. The van der Waals surface area contributed by atoms with Gasteiger partial charge in [-0.2, -0.15) is 0 Å². The number of benzene rings is 2. The minimum absolute atomic E-state index is 0. The summed E-state index contributed by atoms with van der Waals surface area (Å²) in [5.41, 5.74) is 9.78. The molecule has 296 valence electrons. The second-order valence-corrected chi connectivity index (χ2v) is 13.5. The number of nitrogens with two attached hydrogens (primary N) is 1. The molecule has 10 rings (SSSR count). The van der Waals surface area contributed by atoms with Gasteiger partial charge >= 0.3 is 5.97 Å². The van der Waals surface area contributed by atoms with Gasteiger partial charge in [0.25, 0.3) is 11.7 Å². The van der Waals surface area contributed by atoms with Crippen molar-refractivity contribution in [3.8, 4) is 11.4 Å². The van der Waals surface area contributed by atoms with E-state index in [1.165, 1.54) is 11.0 Å². The maximum absolute atomic E-state index is 12.6. The van der Waals surface area contributed by atoms with Crippen LogP contribution in [-0.2, 0) is 0 Å². The summed E-state index contributed by atoms with van der Waals surface area (Å²) in [4.78, 5) is 44.3. The zero-order chi connectivity index (χ0) is 39.1. The molecule has 17 heteroatoms. The van der Waals surface area contributed by atoms with E-state index in [0.29, 0.717) is 12.6 Å². The van der Waals surface area contributed by atoms with Crippen LogP contribution in [0.2, 0.25) is 0 Å². The molecule has 2 saturated heterocycles. The van der Waals surface area contributed by atoms with Gasteiger partial charge in [0, 0.05) is 75.4 Å². The van der Waals surface area contributed by atoms with E-state index in [4.69, 9.17) is 10.8 Å². The largest absolute Gasteiger partial charge is 0.475 e. The predicted molar refractivity (Wildman–Crippen MR) is 220 cm³/mol. The fourth-order valence-corrected chi connectivity index (χ4v) is 6.84. The second kappa shape index (κ2) is 17.6. The molecule has 8 heterocycles. The van der Waals surface area contributed by atoms with Crippen LogP contribution in [0.4, 0.5) is 11.6 Å². The Morgan fingerprint density at radius 2 is 1.16 bits per heavy atom. The Labute approximate surface area is 334 Å². The van der Waals surface area contributed by atoms with Crippen LogP contribution in [-0.4, -0.2) is 104 Å². The number of carbonyl (C=O) groups is 2. The lowest BCUT2D eigenvalue weighted by atomic mass is 10.2. The van der Waals surface area contributed by atoms with Crippen molar-refractivity contribution >= 4 is 34.5 Å². The number of aromatic nitrogens is 10. The van der Waals surface area contributed by atoms with Gasteiger partial charge in [0.15, 0.2) is 11.6 Å². The predicted octanol–water partition coefficient (Wildman–Crippen LogP) is 4.40. The van der Waals surface area contributed by atoms with E-state index in [1.54, 1.807) is 17.2 Å². The van der Waals surface area contributed by atoms with Gasteiger partial charge in [-0.1, -0.05) is 43.8 Å². The SMILES string of the molecule is C.N[C@H]1CCN(c2nccn3cccc23)C1.O=C(N[C@H]1CCN(c2nccn3cccc23)C1)c1ncn(-c2ccccc2)n1.O=C(O)c1ncn(-c2ccccc2)n1. The Bertz CT molecular complexity index is 2580. The van der Waals surface area contributed by atoms with Crippen molar-refractivity contribution in [2.45, 2.75) is 32.4 Å². The number of carboxylic acids is 1. The Morgan fingerprint density at radius 3 is 1.67 bits per heavy atom. The van der Waals surface area contributed by atoms with E-state index >= 15 is 0 Å². The van der Waals surface area contributed by atoms with Gasteiger partial charge in [0.1, 0.15) is 12.7 Å². The lowest BCUT2D eigenvalue weighted by Gasteiger charge is -2.18. The topological polar surface area (TPSA) is 195 Å². The first kappa shape index (κ1) is 38.9. The van der Waals surface area contributed by atoms with Crippen LogP contribution in [0.15, 0.2) is 135 Å². The molecular weight excluding hydrogens is 737 g/mol. The molecule has 0 unspecified atom stereocenters. The number of nitrogens with zero attached hydrogens (tertiary/aromatic N) is 12. The lowest BCUT2D eigenvalue weighted by Crippen LogP contribution is -2.37. The van der Waals surface area contributed by atoms with Crippen LogP contribution in [0.3, 0.4) is 0 Å². The first-order chi connectivity index (χ1) is 27.9. The monoisotopic (exact) mass is 780 g/mol. The average Bonchev–Trinajstić information content (AvgIpc) is 4.10. The zero-order valence-electron chi connectivity index (χ0n) is 30.8. The molecule has 0 spiro atoms. The van der Waals surface area contributed by atoms with E-state index in [9.17, 15) is 9.59 Å². The molecule has 0 bridgehead atoms. The number of anilines is 2. The Morgan fingerprint density at radius 1 is 0.638 bits per heavy atom. The van der Waals surface area contributed by atoms with E-state index in [0.717, 1.165) is 66.5 Å². The van der Waals surface area contributed by atoms with E-state index in [1.807, 2.05) is 114 Å². The molecule has 2 atom stereocenters. The highest BCUT2D eigenvalue weighted by molar-refractivity contribution is 5.90. The van der Waals surface area contributed by atoms with Crippen LogP contribution in [0, 0.1) is 0 Å². The molecule has 2 aliphatic rings. The maximum atomic E-state index is 12.6. The molecule has 1 amide bonds. The highest BCUT2D eigenvalue weighted by Gasteiger charge is 2.27. The van der Waals surface area contributed by atoms with E-state index < -0.39 is 5.97 Å².